The fraction of sp³-hybridized carbons (Fsp3) is 0.0952. The zero-order valence-electron chi connectivity index (χ0n) is 15.6. The van der Waals surface area contributed by atoms with Gasteiger partial charge < -0.3 is 5.32 Å². The fourth-order valence-electron chi connectivity index (χ4n) is 2.72. The lowest BCUT2D eigenvalue weighted by atomic mass is 10.2. The molecule has 0 aliphatic rings. The minimum absolute atomic E-state index is 0.0313. The van der Waals surface area contributed by atoms with Gasteiger partial charge in [-0.25, -0.2) is 12.8 Å². The van der Waals surface area contributed by atoms with E-state index in [2.05, 4.69) is 5.32 Å². The number of amides is 1. The van der Waals surface area contributed by atoms with Crippen LogP contribution in [0.4, 0.5) is 10.1 Å². The molecule has 3 aromatic rings. The highest BCUT2D eigenvalue weighted by Gasteiger charge is 2.27. The van der Waals surface area contributed by atoms with E-state index in [1.54, 1.807) is 36.4 Å². The maximum atomic E-state index is 13.8. The Hall–Kier alpha value is -2.45. The normalized spacial score (nSPS) is 11.5. The van der Waals surface area contributed by atoms with Gasteiger partial charge >= 0.3 is 0 Å². The Balaban J connectivity index is 1.89. The molecular weight excluding hydrogens is 450 g/mol. The molecule has 0 saturated heterocycles. The van der Waals surface area contributed by atoms with E-state index in [-0.39, 0.29) is 22.2 Å². The second-order valence-corrected chi connectivity index (χ2v) is 9.11. The molecule has 0 atom stereocenters. The van der Waals surface area contributed by atoms with E-state index in [0.29, 0.717) is 10.6 Å². The molecule has 0 fully saturated rings. The average Bonchev–Trinajstić information content (AvgIpc) is 2.72. The molecule has 30 heavy (non-hydrogen) atoms. The molecule has 0 aromatic heterocycles. The second-order valence-electron chi connectivity index (χ2n) is 6.36. The first-order valence-corrected chi connectivity index (χ1v) is 11.0. The van der Waals surface area contributed by atoms with Crippen LogP contribution >= 0.6 is 23.2 Å². The van der Waals surface area contributed by atoms with Crippen LogP contribution in [-0.4, -0.2) is 25.2 Å². The predicted molar refractivity (Wildman–Crippen MR) is 116 cm³/mol. The van der Waals surface area contributed by atoms with Crippen LogP contribution in [0.5, 0.6) is 0 Å². The van der Waals surface area contributed by atoms with E-state index in [9.17, 15) is 17.6 Å². The standard InChI is InChI=1S/C21H17Cl2FN2O3S/c22-17-11-10-15(12-18(17)23)13-26(30(28,29)16-6-2-1-3-7-16)14-21(27)25-20-9-5-4-8-19(20)24/h1-12H,13-14H2,(H,25,27). The Morgan fingerprint density at radius 3 is 2.27 bits per heavy atom. The quantitative estimate of drug-likeness (QED) is 0.534. The highest BCUT2D eigenvalue weighted by atomic mass is 35.5. The Morgan fingerprint density at radius 1 is 0.933 bits per heavy atom. The van der Waals surface area contributed by atoms with Gasteiger partial charge in [-0.1, -0.05) is 59.6 Å². The minimum Gasteiger partial charge on any atom is -0.322 e. The molecule has 0 bridgehead atoms. The van der Waals surface area contributed by atoms with E-state index in [1.807, 2.05) is 0 Å². The molecular formula is C21H17Cl2FN2O3S. The largest absolute Gasteiger partial charge is 0.322 e. The number of para-hydroxylation sites is 1. The summed E-state index contributed by atoms with van der Waals surface area (Å²) in [6, 6.07) is 18.1. The van der Waals surface area contributed by atoms with Crippen LogP contribution in [0.15, 0.2) is 77.7 Å². The molecule has 3 aromatic carbocycles. The summed E-state index contributed by atoms with van der Waals surface area (Å²) in [5.74, 6) is -1.30. The van der Waals surface area contributed by atoms with Gasteiger partial charge in [0.05, 0.1) is 27.2 Å². The molecule has 0 unspecified atom stereocenters. The molecule has 0 aliphatic heterocycles. The maximum absolute atomic E-state index is 13.8. The summed E-state index contributed by atoms with van der Waals surface area (Å²) in [7, 11) is -4.02. The zero-order valence-corrected chi connectivity index (χ0v) is 17.9. The van der Waals surface area contributed by atoms with Crippen molar-refractivity contribution in [2.24, 2.45) is 0 Å². The van der Waals surface area contributed by atoms with Crippen molar-refractivity contribution in [3.63, 3.8) is 0 Å². The number of hydrogen-bond acceptors (Lipinski definition) is 3. The third kappa shape index (κ3) is 5.37. The van der Waals surface area contributed by atoms with Gasteiger partial charge in [0, 0.05) is 6.54 Å². The minimum atomic E-state index is -4.02. The number of nitrogens with zero attached hydrogens (tertiary/aromatic N) is 1. The number of anilines is 1. The highest BCUT2D eigenvalue weighted by molar-refractivity contribution is 7.89. The van der Waals surface area contributed by atoms with Crippen LogP contribution in [-0.2, 0) is 21.4 Å². The van der Waals surface area contributed by atoms with Crippen molar-refractivity contribution in [3.8, 4) is 0 Å². The van der Waals surface area contributed by atoms with Crippen molar-refractivity contribution >= 4 is 44.8 Å². The number of sulfonamides is 1. The van der Waals surface area contributed by atoms with Crippen LogP contribution in [0.1, 0.15) is 5.56 Å². The summed E-state index contributed by atoms with van der Waals surface area (Å²) in [5.41, 5.74) is 0.511. The van der Waals surface area contributed by atoms with Crippen LogP contribution < -0.4 is 5.32 Å². The third-order valence-electron chi connectivity index (χ3n) is 4.19. The Morgan fingerprint density at radius 2 is 1.60 bits per heavy atom. The van der Waals surface area contributed by atoms with Crippen molar-refractivity contribution < 1.29 is 17.6 Å². The van der Waals surface area contributed by atoms with Crippen LogP contribution in [0.3, 0.4) is 0 Å². The maximum Gasteiger partial charge on any atom is 0.243 e. The molecule has 0 saturated carbocycles. The van der Waals surface area contributed by atoms with Crippen molar-refractivity contribution in [2.75, 3.05) is 11.9 Å². The molecule has 156 valence electrons. The van der Waals surface area contributed by atoms with Crippen LogP contribution in [0.2, 0.25) is 10.0 Å². The summed E-state index contributed by atoms with van der Waals surface area (Å²) in [6.45, 7) is -0.648. The van der Waals surface area contributed by atoms with E-state index in [0.717, 1.165) is 4.31 Å². The predicted octanol–water partition coefficient (Wildman–Crippen LogP) is 4.96. The van der Waals surface area contributed by atoms with Gasteiger partial charge in [-0.2, -0.15) is 4.31 Å². The summed E-state index contributed by atoms with van der Waals surface area (Å²) < 4.78 is 41.2. The van der Waals surface area contributed by atoms with Gasteiger partial charge in [-0.3, -0.25) is 4.79 Å². The van der Waals surface area contributed by atoms with Gasteiger partial charge in [0.15, 0.2) is 0 Å². The summed E-state index contributed by atoms with van der Waals surface area (Å²) >= 11 is 12.0. The molecule has 9 heteroatoms. The van der Waals surface area contributed by atoms with Crippen molar-refractivity contribution in [1.82, 2.24) is 4.31 Å². The topological polar surface area (TPSA) is 66.5 Å². The van der Waals surface area contributed by atoms with E-state index in [4.69, 9.17) is 23.2 Å². The van der Waals surface area contributed by atoms with E-state index in [1.165, 1.54) is 36.4 Å². The monoisotopic (exact) mass is 466 g/mol. The molecule has 0 heterocycles. The van der Waals surface area contributed by atoms with Crippen LogP contribution in [0, 0.1) is 5.82 Å². The number of carbonyl (C=O) groups excluding carboxylic acids is 1. The van der Waals surface area contributed by atoms with Gasteiger partial charge in [-0.15, -0.1) is 0 Å². The third-order valence-corrected chi connectivity index (χ3v) is 6.74. The fourth-order valence-corrected chi connectivity index (χ4v) is 4.45. The van der Waals surface area contributed by atoms with Crippen molar-refractivity contribution in [3.05, 3.63) is 94.2 Å². The number of halogens is 3. The number of rotatable bonds is 7. The summed E-state index contributed by atoms with van der Waals surface area (Å²) in [5, 5.41) is 3.00. The molecule has 0 radical (unpaired) electrons. The average molecular weight is 467 g/mol. The van der Waals surface area contributed by atoms with Gasteiger partial charge in [-0.05, 0) is 42.0 Å². The Kier molecular flexibility index (Phi) is 7.10. The number of benzene rings is 3. The summed E-state index contributed by atoms with van der Waals surface area (Å²) in [4.78, 5) is 12.6. The Labute approximate surface area is 184 Å². The second kappa shape index (κ2) is 9.57. The number of nitrogens with one attached hydrogen (secondary N) is 1. The number of carbonyl (C=O) groups is 1. The Bertz CT molecular complexity index is 1160. The van der Waals surface area contributed by atoms with Crippen molar-refractivity contribution in [2.45, 2.75) is 11.4 Å². The van der Waals surface area contributed by atoms with E-state index < -0.39 is 28.3 Å². The lowest BCUT2D eigenvalue weighted by Gasteiger charge is -2.22. The molecule has 3 rings (SSSR count). The SMILES string of the molecule is O=C(CN(Cc1ccc(Cl)c(Cl)c1)S(=O)(=O)c1ccccc1)Nc1ccccc1F. The van der Waals surface area contributed by atoms with Gasteiger partial charge in [0.1, 0.15) is 5.82 Å². The highest BCUT2D eigenvalue weighted by Crippen LogP contribution is 2.25. The number of hydrogen-bond donors (Lipinski definition) is 1. The molecule has 0 aliphatic carbocycles. The lowest BCUT2D eigenvalue weighted by Crippen LogP contribution is -2.37. The first-order valence-electron chi connectivity index (χ1n) is 8.81. The first-order chi connectivity index (χ1) is 14.3. The van der Waals surface area contributed by atoms with Crippen molar-refractivity contribution in [1.29, 1.82) is 0 Å². The molecule has 5 nitrogen and oxygen atoms in total. The smallest absolute Gasteiger partial charge is 0.243 e. The molecule has 1 N–H and O–H groups in total. The molecule has 0 spiro atoms. The molecule has 1 amide bonds. The van der Waals surface area contributed by atoms with E-state index >= 15 is 0 Å². The van der Waals surface area contributed by atoms with Gasteiger partial charge in [0.25, 0.3) is 0 Å². The van der Waals surface area contributed by atoms with Crippen LogP contribution in [0.25, 0.3) is 0 Å². The summed E-state index contributed by atoms with van der Waals surface area (Å²) in [6.07, 6.45) is 0. The first kappa shape index (κ1) is 22.2. The lowest BCUT2D eigenvalue weighted by molar-refractivity contribution is -0.116. The zero-order chi connectivity index (χ0) is 21.7. The van der Waals surface area contributed by atoms with Gasteiger partial charge in [0.2, 0.25) is 15.9 Å².